The highest BCUT2D eigenvalue weighted by molar-refractivity contribution is 6.08. The lowest BCUT2D eigenvalue weighted by Crippen LogP contribution is -2.24. The van der Waals surface area contributed by atoms with Gasteiger partial charge in [0.2, 0.25) is 0 Å². The Morgan fingerprint density at radius 3 is 2.23 bits per heavy atom. The van der Waals surface area contributed by atoms with Crippen LogP contribution in [0.15, 0.2) is 118 Å². The summed E-state index contributed by atoms with van der Waals surface area (Å²) in [5.74, 6) is -1.79. The zero-order valence-corrected chi connectivity index (χ0v) is 30.0. The molecule has 1 aliphatic carbocycles. The lowest BCUT2D eigenvalue weighted by Gasteiger charge is -2.24. The highest BCUT2D eigenvalue weighted by Crippen LogP contribution is 2.43. The molecule has 2 heterocycles. The number of amides is 1. The summed E-state index contributed by atoms with van der Waals surface area (Å²) in [7, 11) is 3.82. The molecule has 0 fully saturated rings. The van der Waals surface area contributed by atoms with Crippen LogP contribution in [0.2, 0.25) is 0 Å². The summed E-state index contributed by atoms with van der Waals surface area (Å²) >= 11 is 0. The predicted octanol–water partition coefficient (Wildman–Crippen LogP) is 6.43. The predicted molar refractivity (Wildman–Crippen MR) is 211 cm³/mol. The minimum atomic E-state index is -1.23. The van der Waals surface area contributed by atoms with E-state index in [1.54, 1.807) is 42.5 Å². The number of phenols is 1. The largest absolute Gasteiger partial charge is 0.508 e. The second-order valence-corrected chi connectivity index (χ2v) is 13.6. The van der Waals surface area contributed by atoms with Gasteiger partial charge in [0.05, 0.1) is 11.1 Å². The number of hydrogen-bond donors (Lipinski definition) is 4. The van der Waals surface area contributed by atoms with Crippen molar-refractivity contribution < 1.29 is 38.9 Å². The molecule has 1 amide bonds. The highest BCUT2D eigenvalue weighted by atomic mass is 16.5. The molecule has 276 valence electrons. The van der Waals surface area contributed by atoms with Crippen LogP contribution in [0, 0.1) is 0 Å². The van der Waals surface area contributed by atoms with Gasteiger partial charge in [-0.15, -0.1) is 0 Å². The number of carbonyl (C=O) groups excluding carboxylic acids is 1. The molecule has 0 saturated carbocycles. The van der Waals surface area contributed by atoms with E-state index in [2.05, 4.69) is 11.9 Å². The number of aromatic carboxylic acids is 2. The molecule has 11 heteroatoms. The molecule has 11 nitrogen and oxygen atoms in total. The number of carbonyl (C=O) groups is 3. The molecule has 2 aliphatic heterocycles. The molecule has 8 rings (SSSR count). The van der Waals surface area contributed by atoms with Crippen molar-refractivity contribution in [3.8, 4) is 39.7 Å². The fourth-order valence-corrected chi connectivity index (χ4v) is 7.10. The zero-order valence-electron chi connectivity index (χ0n) is 30.0. The number of benzene rings is 6. The lowest BCUT2D eigenvalue weighted by molar-refractivity contribution is 0.0686. The van der Waals surface area contributed by atoms with Crippen LogP contribution in [-0.4, -0.2) is 47.3 Å². The monoisotopic (exact) mass is 744 g/mol. The zero-order chi connectivity index (χ0) is 39.4. The van der Waals surface area contributed by atoms with Gasteiger partial charge in [-0.05, 0) is 82.6 Å². The van der Waals surface area contributed by atoms with Gasteiger partial charge in [0, 0.05) is 83.0 Å². The summed E-state index contributed by atoms with van der Waals surface area (Å²) < 4.78 is 12.2. The average molecular weight is 745 g/mol. The molecular formula is C45H32N2O9. The number of ether oxygens (including phenoxy) is 1. The number of nitrogens with one attached hydrogen (secondary N) is 1. The van der Waals surface area contributed by atoms with Crippen molar-refractivity contribution in [2.75, 3.05) is 19.0 Å². The van der Waals surface area contributed by atoms with Gasteiger partial charge in [-0.2, -0.15) is 0 Å². The average Bonchev–Trinajstić information content (AvgIpc) is 3.17. The smallest absolute Gasteiger partial charge is 0.336 e. The molecule has 56 heavy (non-hydrogen) atoms. The summed E-state index contributed by atoms with van der Waals surface area (Å²) in [6.07, 6.45) is 0. The third kappa shape index (κ3) is 6.26. The van der Waals surface area contributed by atoms with Crippen molar-refractivity contribution in [2.24, 2.45) is 0 Å². The van der Waals surface area contributed by atoms with Crippen molar-refractivity contribution in [3.63, 3.8) is 0 Å². The number of nitrogens with zero attached hydrogens (tertiary/aromatic N) is 1. The topological polar surface area (TPSA) is 167 Å². The van der Waals surface area contributed by atoms with Gasteiger partial charge >= 0.3 is 11.9 Å². The lowest BCUT2D eigenvalue weighted by atomic mass is 9.88. The van der Waals surface area contributed by atoms with Gasteiger partial charge in [-0.25, -0.2) is 9.59 Å². The molecule has 0 saturated heterocycles. The van der Waals surface area contributed by atoms with Gasteiger partial charge in [-0.3, -0.25) is 9.59 Å². The number of carboxylic acids is 2. The number of fused-ring (bicyclic) bond motifs is 4. The first kappa shape index (κ1) is 35.4. The first-order valence-corrected chi connectivity index (χ1v) is 17.4. The number of hydrogen-bond acceptors (Lipinski definition) is 8. The Hall–Kier alpha value is -7.66. The Bertz CT molecular complexity index is 2960. The van der Waals surface area contributed by atoms with Gasteiger partial charge in [0.15, 0.2) is 5.43 Å². The number of phenolic OH excluding ortho intramolecular Hbond substituents is 1. The van der Waals surface area contributed by atoms with E-state index in [9.17, 15) is 34.5 Å². The molecule has 0 spiro atoms. The summed E-state index contributed by atoms with van der Waals surface area (Å²) in [6.45, 7) is 3.95. The fourth-order valence-electron chi connectivity index (χ4n) is 7.10. The minimum absolute atomic E-state index is 0.0657. The molecular weight excluding hydrogens is 713 g/mol. The summed E-state index contributed by atoms with van der Waals surface area (Å²) in [4.78, 5) is 53.2. The van der Waals surface area contributed by atoms with Crippen molar-refractivity contribution >= 4 is 46.7 Å². The Kier molecular flexibility index (Phi) is 8.61. The molecule has 0 atom stereocenters. The molecule has 5 aromatic carbocycles. The maximum absolute atomic E-state index is 13.6. The quantitative estimate of drug-likeness (QED) is 0.128. The molecule has 0 bridgehead atoms. The van der Waals surface area contributed by atoms with Crippen LogP contribution in [0.5, 0.6) is 17.2 Å². The van der Waals surface area contributed by atoms with Crippen molar-refractivity contribution in [1.29, 1.82) is 0 Å². The number of rotatable bonds is 8. The van der Waals surface area contributed by atoms with E-state index >= 15 is 0 Å². The minimum Gasteiger partial charge on any atom is -0.508 e. The van der Waals surface area contributed by atoms with E-state index in [0.717, 1.165) is 10.9 Å². The Morgan fingerprint density at radius 2 is 1.46 bits per heavy atom. The molecule has 5 aromatic rings. The second kappa shape index (κ2) is 13.6. The second-order valence-electron chi connectivity index (χ2n) is 13.6. The third-order valence-electron chi connectivity index (χ3n) is 9.78. The van der Waals surface area contributed by atoms with Crippen molar-refractivity contribution in [2.45, 2.75) is 6.54 Å². The first-order valence-electron chi connectivity index (χ1n) is 17.4. The Balaban J connectivity index is 1.14. The van der Waals surface area contributed by atoms with Crippen LogP contribution in [-0.2, 0) is 6.54 Å². The van der Waals surface area contributed by atoms with Crippen LogP contribution in [0.3, 0.4) is 0 Å². The van der Waals surface area contributed by atoms with Crippen LogP contribution < -0.4 is 30.8 Å². The van der Waals surface area contributed by atoms with Gasteiger partial charge < -0.3 is 34.7 Å². The molecule has 0 radical (unpaired) electrons. The van der Waals surface area contributed by atoms with Crippen LogP contribution >= 0.6 is 0 Å². The Labute approximate surface area is 318 Å². The molecule has 3 aliphatic rings. The number of carboxylic acid groups (broad SMARTS) is 2. The van der Waals surface area contributed by atoms with E-state index in [1.807, 2.05) is 49.3 Å². The Morgan fingerprint density at radius 1 is 0.732 bits per heavy atom. The van der Waals surface area contributed by atoms with Crippen LogP contribution in [0.1, 0.15) is 47.8 Å². The van der Waals surface area contributed by atoms with Gasteiger partial charge in [0.25, 0.3) is 5.91 Å². The van der Waals surface area contributed by atoms with Crippen molar-refractivity contribution in [1.82, 2.24) is 5.32 Å². The van der Waals surface area contributed by atoms with Crippen LogP contribution in [0.4, 0.5) is 5.69 Å². The van der Waals surface area contributed by atoms with Gasteiger partial charge in [0.1, 0.15) is 28.6 Å². The summed E-state index contributed by atoms with van der Waals surface area (Å²) in [6, 6.07) is 29.1. The van der Waals surface area contributed by atoms with E-state index in [-0.39, 0.29) is 45.8 Å². The number of aromatic hydroxyl groups is 1. The molecule has 0 aromatic heterocycles. The van der Waals surface area contributed by atoms with Gasteiger partial charge in [-0.1, -0.05) is 36.9 Å². The standard InChI is InChI=1S/C45H32N2O9/c1-23-4-10-31-37(16-23)55-38-19-26(47(2)3)7-13-32(38)42(31)30-12-6-25(18-36(30)45(53)54)43(50)46-22-24-5-11-29(35(17-24)44(51)52)41-33-14-8-27(48)20-39(33)56-40-21-28(49)9-15-34(40)41/h4-21,48H,1,22H2,2-3H3,(H,46,50)(H,51,52)(H,53,54). The first-order chi connectivity index (χ1) is 26.9. The van der Waals surface area contributed by atoms with E-state index in [0.29, 0.717) is 61.1 Å². The van der Waals surface area contributed by atoms with Crippen molar-refractivity contribution in [3.05, 3.63) is 163 Å². The normalized spacial score (nSPS) is 11.8. The highest BCUT2D eigenvalue weighted by Gasteiger charge is 2.26. The van der Waals surface area contributed by atoms with E-state index in [1.165, 1.54) is 36.4 Å². The SMILES string of the molecule is C=c1ccc2c(c1)Oc1cc(N(C)C)ccc1C=2c1ccc(C(=O)NCc2ccc(-c3c4ccc(=O)cc-4oc4cc(O)ccc34)c(C(=O)O)c2)cc1C(=O)O. The van der Waals surface area contributed by atoms with E-state index < -0.39 is 17.8 Å². The van der Waals surface area contributed by atoms with Crippen LogP contribution in [0.25, 0.3) is 45.6 Å². The maximum Gasteiger partial charge on any atom is 0.336 e. The van der Waals surface area contributed by atoms with E-state index in [4.69, 9.17) is 9.15 Å². The maximum atomic E-state index is 13.6. The fraction of sp³-hybridized carbons (Fsp3) is 0.0667. The molecule has 4 N–H and O–H groups in total. The summed E-state index contributed by atoms with van der Waals surface area (Å²) in [5, 5.41) is 35.6. The third-order valence-corrected chi connectivity index (χ3v) is 9.78. The molecule has 0 unspecified atom stereocenters. The summed E-state index contributed by atoms with van der Waals surface area (Å²) in [5.41, 5.74) is 4.30. The number of anilines is 1.